The van der Waals surface area contributed by atoms with Gasteiger partial charge in [-0.3, -0.25) is 14.3 Å². The van der Waals surface area contributed by atoms with Crippen LogP contribution in [0, 0.1) is 0 Å². The Morgan fingerprint density at radius 2 is 1.86 bits per heavy atom. The van der Waals surface area contributed by atoms with Crippen LogP contribution in [-0.4, -0.2) is 28.3 Å². The van der Waals surface area contributed by atoms with E-state index in [4.69, 9.17) is 9.47 Å². The molecule has 0 saturated carbocycles. The molecule has 0 N–H and O–H groups in total. The second-order valence-electron chi connectivity index (χ2n) is 7.16. The predicted molar refractivity (Wildman–Crippen MR) is 114 cm³/mol. The number of pyridine rings is 1. The molecule has 2 aromatic heterocycles. The van der Waals surface area contributed by atoms with Crippen LogP contribution < -0.4 is 15.0 Å². The van der Waals surface area contributed by atoms with Crippen LogP contribution in [0.5, 0.6) is 11.5 Å². The van der Waals surface area contributed by atoms with Crippen molar-refractivity contribution in [3.8, 4) is 11.5 Å². The first kappa shape index (κ1) is 18.9. The number of hydrogen-bond donors (Lipinski definition) is 0. The van der Waals surface area contributed by atoms with E-state index in [0.717, 1.165) is 16.6 Å². The van der Waals surface area contributed by atoms with Gasteiger partial charge in [0.1, 0.15) is 0 Å². The Labute approximate surface area is 168 Å². The van der Waals surface area contributed by atoms with Crippen LogP contribution in [0.3, 0.4) is 0 Å². The molecule has 0 spiro atoms. The van der Waals surface area contributed by atoms with E-state index in [9.17, 15) is 4.79 Å². The molecule has 0 amide bonds. The summed E-state index contributed by atoms with van der Waals surface area (Å²) in [7, 11) is 1.58. The van der Waals surface area contributed by atoms with Crippen molar-refractivity contribution in [3.63, 3.8) is 0 Å². The van der Waals surface area contributed by atoms with E-state index in [1.807, 2.05) is 44.2 Å². The zero-order valence-corrected chi connectivity index (χ0v) is 16.8. The Bertz CT molecular complexity index is 1230. The summed E-state index contributed by atoms with van der Waals surface area (Å²) < 4.78 is 13.0. The fourth-order valence-corrected chi connectivity index (χ4v) is 3.30. The fraction of sp³-hybridized carbons (Fsp3) is 0.261. The molecule has 0 aliphatic carbocycles. The molecule has 0 saturated heterocycles. The highest BCUT2D eigenvalue weighted by atomic mass is 16.5. The molecule has 29 heavy (non-hydrogen) atoms. The highest BCUT2D eigenvalue weighted by Gasteiger charge is 2.13. The summed E-state index contributed by atoms with van der Waals surface area (Å²) in [6.45, 7) is 4.32. The number of benzene rings is 2. The van der Waals surface area contributed by atoms with Gasteiger partial charge in [-0.25, -0.2) is 4.98 Å². The SMILES string of the molecule is COc1cc2ncn(C(C)C)c(=O)c2cc1OCCc1ccc2ccccc2n1. The van der Waals surface area contributed by atoms with Crippen LogP contribution in [0.2, 0.25) is 0 Å². The molecule has 0 fully saturated rings. The summed E-state index contributed by atoms with van der Waals surface area (Å²) in [4.78, 5) is 21.8. The molecule has 6 heteroatoms. The van der Waals surface area contributed by atoms with Crippen molar-refractivity contribution in [1.29, 1.82) is 0 Å². The highest BCUT2D eigenvalue weighted by Crippen LogP contribution is 2.30. The number of para-hydroxylation sites is 1. The summed E-state index contributed by atoms with van der Waals surface area (Å²) in [6, 6.07) is 15.6. The summed E-state index contributed by atoms with van der Waals surface area (Å²) in [5.74, 6) is 1.08. The van der Waals surface area contributed by atoms with Crippen molar-refractivity contribution in [3.05, 3.63) is 70.9 Å². The van der Waals surface area contributed by atoms with E-state index in [-0.39, 0.29) is 11.6 Å². The van der Waals surface area contributed by atoms with Gasteiger partial charge in [0.05, 0.1) is 36.5 Å². The molecule has 4 aromatic rings. The molecule has 2 aromatic carbocycles. The molecule has 0 aliphatic heterocycles. The standard InChI is InChI=1S/C23H23N3O3/c1-15(2)26-14-24-20-13-21(28-3)22(12-18(20)23(26)27)29-11-10-17-9-8-16-6-4-5-7-19(16)25-17/h4-9,12-15H,10-11H2,1-3H3. The third-order valence-electron chi connectivity index (χ3n) is 4.90. The number of hydrogen-bond acceptors (Lipinski definition) is 5. The first-order chi connectivity index (χ1) is 14.1. The van der Waals surface area contributed by atoms with E-state index < -0.39 is 0 Å². The zero-order valence-electron chi connectivity index (χ0n) is 16.8. The summed E-state index contributed by atoms with van der Waals surface area (Å²) in [6.07, 6.45) is 2.22. The lowest BCUT2D eigenvalue weighted by molar-refractivity contribution is 0.297. The van der Waals surface area contributed by atoms with E-state index in [1.165, 1.54) is 0 Å². The third-order valence-corrected chi connectivity index (χ3v) is 4.90. The van der Waals surface area contributed by atoms with Crippen LogP contribution in [0.4, 0.5) is 0 Å². The van der Waals surface area contributed by atoms with Gasteiger partial charge in [0, 0.05) is 29.6 Å². The molecule has 148 valence electrons. The molecular formula is C23H23N3O3. The van der Waals surface area contributed by atoms with E-state index in [2.05, 4.69) is 16.0 Å². The lowest BCUT2D eigenvalue weighted by Gasteiger charge is -2.14. The van der Waals surface area contributed by atoms with Crippen LogP contribution in [0.1, 0.15) is 25.6 Å². The van der Waals surface area contributed by atoms with Crippen molar-refractivity contribution in [2.45, 2.75) is 26.3 Å². The first-order valence-corrected chi connectivity index (χ1v) is 9.63. The second kappa shape index (κ2) is 7.91. The smallest absolute Gasteiger partial charge is 0.261 e. The Hall–Kier alpha value is -3.41. The maximum atomic E-state index is 12.8. The summed E-state index contributed by atoms with van der Waals surface area (Å²) >= 11 is 0. The van der Waals surface area contributed by atoms with Crippen LogP contribution in [0.15, 0.2) is 59.7 Å². The Kier molecular flexibility index (Phi) is 5.16. The third kappa shape index (κ3) is 3.78. The quantitative estimate of drug-likeness (QED) is 0.495. The minimum absolute atomic E-state index is 0.0323. The average Bonchev–Trinajstić information content (AvgIpc) is 2.73. The monoisotopic (exact) mass is 389 g/mol. The summed E-state index contributed by atoms with van der Waals surface area (Å²) in [5.41, 5.74) is 2.42. The van der Waals surface area contributed by atoms with Gasteiger partial charge in [0.2, 0.25) is 0 Å². The molecule has 0 unspecified atom stereocenters. The molecule has 0 aliphatic rings. The number of nitrogens with zero attached hydrogens (tertiary/aromatic N) is 3. The van der Waals surface area contributed by atoms with Gasteiger partial charge in [-0.15, -0.1) is 0 Å². The Balaban J connectivity index is 1.58. The second-order valence-corrected chi connectivity index (χ2v) is 7.16. The van der Waals surface area contributed by atoms with E-state index in [0.29, 0.717) is 35.4 Å². The Morgan fingerprint density at radius 3 is 2.66 bits per heavy atom. The largest absolute Gasteiger partial charge is 0.493 e. The predicted octanol–water partition coefficient (Wildman–Crippen LogP) is 4.16. The van der Waals surface area contributed by atoms with Crippen molar-refractivity contribution >= 4 is 21.8 Å². The normalized spacial score (nSPS) is 11.3. The van der Waals surface area contributed by atoms with Gasteiger partial charge in [-0.1, -0.05) is 24.3 Å². The molecule has 6 nitrogen and oxygen atoms in total. The van der Waals surface area contributed by atoms with Crippen molar-refractivity contribution in [1.82, 2.24) is 14.5 Å². The Morgan fingerprint density at radius 1 is 1.03 bits per heavy atom. The summed E-state index contributed by atoms with van der Waals surface area (Å²) in [5, 5.41) is 1.63. The topological polar surface area (TPSA) is 66.2 Å². The van der Waals surface area contributed by atoms with Gasteiger partial charge in [0.25, 0.3) is 5.56 Å². The number of aromatic nitrogens is 3. The maximum Gasteiger partial charge on any atom is 0.261 e. The molecule has 0 bridgehead atoms. The average molecular weight is 389 g/mol. The van der Waals surface area contributed by atoms with Crippen molar-refractivity contribution in [2.24, 2.45) is 0 Å². The van der Waals surface area contributed by atoms with Crippen LogP contribution >= 0.6 is 0 Å². The zero-order chi connectivity index (χ0) is 20.4. The molecular weight excluding hydrogens is 366 g/mol. The molecule has 0 atom stereocenters. The number of rotatable bonds is 6. The van der Waals surface area contributed by atoms with Gasteiger partial charge in [0.15, 0.2) is 11.5 Å². The maximum absolute atomic E-state index is 12.8. The lowest BCUT2D eigenvalue weighted by Crippen LogP contribution is -2.22. The van der Waals surface area contributed by atoms with E-state index >= 15 is 0 Å². The molecule has 0 radical (unpaired) electrons. The number of ether oxygens (including phenoxy) is 2. The number of fused-ring (bicyclic) bond motifs is 2. The van der Waals surface area contributed by atoms with Crippen LogP contribution in [0.25, 0.3) is 21.8 Å². The lowest BCUT2D eigenvalue weighted by atomic mass is 10.2. The molecule has 2 heterocycles. The van der Waals surface area contributed by atoms with Gasteiger partial charge < -0.3 is 9.47 Å². The fourth-order valence-electron chi connectivity index (χ4n) is 3.30. The van der Waals surface area contributed by atoms with E-state index in [1.54, 1.807) is 30.1 Å². The number of methoxy groups -OCH3 is 1. The highest BCUT2D eigenvalue weighted by molar-refractivity contribution is 5.81. The van der Waals surface area contributed by atoms with Crippen molar-refractivity contribution in [2.75, 3.05) is 13.7 Å². The van der Waals surface area contributed by atoms with Gasteiger partial charge in [-0.2, -0.15) is 0 Å². The molecule has 4 rings (SSSR count). The van der Waals surface area contributed by atoms with Crippen LogP contribution in [-0.2, 0) is 6.42 Å². The van der Waals surface area contributed by atoms with Gasteiger partial charge in [-0.05, 0) is 32.0 Å². The minimum atomic E-state index is -0.0892. The van der Waals surface area contributed by atoms with Gasteiger partial charge >= 0.3 is 0 Å². The van der Waals surface area contributed by atoms with Crippen molar-refractivity contribution < 1.29 is 9.47 Å². The first-order valence-electron chi connectivity index (χ1n) is 9.63. The minimum Gasteiger partial charge on any atom is -0.493 e.